The van der Waals surface area contributed by atoms with Crippen molar-refractivity contribution in [2.75, 3.05) is 12.4 Å². The number of rotatable bonds is 6. The van der Waals surface area contributed by atoms with Gasteiger partial charge in [-0.1, -0.05) is 42.6 Å². The molecule has 1 heterocycles. The summed E-state index contributed by atoms with van der Waals surface area (Å²) >= 11 is 7.55. The van der Waals surface area contributed by atoms with Gasteiger partial charge in [0.25, 0.3) is 0 Å². The fraction of sp³-hybridized carbons (Fsp3) is 0.529. The number of nitrogens with zero attached hydrogens (tertiary/aromatic N) is 3. The fourth-order valence-corrected chi connectivity index (χ4v) is 3.85. The molecule has 1 aliphatic carbocycles. The summed E-state index contributed by atoms with van der Waals surface area (Å²) in [5.41, 5.74) is 0. The second-order valence-electron chi connectivity index (χ2n) is 5.89. The molecule has 4 nitrogen and oxygen atoms in total. The summed E-state index contributed by atoms with van der Waals surface area (Å²) in [7, 11) is 2.08. The molecule has 0 atom stereocenters. The van der Waals surface area contributed by atoms with Crippen molar-refractivity contribution < 1.29 is 4.74 Å². The van der Waals surface area contributed by atoms with Crippen molar-refractivity contribution in [1.29, 1.82) is 0 Å². The van der Waals surface area contributed by atoms with Crippen LogP contribution in [0.3, 0.4) is 0 Å². The van der Waals surface area contributed by atoms with E-state index in [4.69, 9.17) is 16.3 Å². The topological polar surface area (TPSA) is 39.9 Å². The zero-order valence-electron chi connectivity index (χ0n) is 13.4. The third kappa shape index (κ3) is 4.42. The van der Waals surface area contributed by atoms with Gasteiger partial charge in [0.15, 0.2) is 5.16 Å². The maximum atomic E-state index is 5.86. The number of halogens is 1. The molecule has 1 aliphatic rings. The van der Waals surface area contributed by atoms with Crippen molar-refractivity contribution in [3.8, 4) is 5.75 Å². The van der Waals surface area contributed by atoms with Crippen molar-refractivity contribution in [2.24, 2.45) is 7.05 Å². The predicted molar refractivity (Wildman–Crippen MR) is 94.5 cm³/mol. The van der Waals surface area contributed by atoms with Gasteiger partial charge < -0.3 is 9.30 Å². The molecule has 0 spiro atoms. The highest BCUT2D eigenvalue weighted by Crippen LogP contribution is 2.32. The number of benzene rings is 1. The second kappa shape index (κ2) is 8.06. The maximum absolute atomic E-state index is 5.86. The lowest BCUT2D eigenvalue weighted by Gasteiger charge is -2.20. The SMILES string of the molecule is Cn1c(SCCOc2ccc(Cl)cc2)nnc1C1CCCCC1. The number of hydrogen-bond acceptors (Lipinski definition) is 4. The first-order valence-electron chi connectivity index (χ1n) is 8.14. The predicted octanol–water partition coefficient (Wildman–Crippen LogP) is 4.69. The molecule has 6 heteroatoms. The molecule has 1 aromatic carbocycles. The quantitative estimate of drug-likeness (QED) is 0.559. The minimum atomic E-state index is 0.584. The molecule has 0 aliphatic heterocycles. The molecule has 1 fully saturated rings. The Morgan fingerprint density at radius 3 is 2.65 bits per heavy atom. The van der Waals surface area contributed by atoms with Gasteiger partial charge in [0.05, 0.1) is 6.61 Å². The standard InChI is InChI=1S/C17H22ClN3OS/c1-21-16(13-5-3-2-4-6-13)19-20-17(21)23-12-11-22-15-9-7-14(18)8-10-15/h7-10,13H,2-6,11-12H2,1H3. The monoisotopic (exact) mass is 351 g/mol. The number of thioether (sulfide) groups is 1. The Morgan fingerprint density at radius 1 is 1.17 bits per heavy atom. The molecular formula is C17H22ClN3OS. The molecule has 0 bridgehead atoms. The van der Waals surface area contributed by atoms with E-state index in [1.165, 1.54) is 32.1 Å². The van der Waals surface area contributed by atoms with Gasteiger partial charge in [0.2, 0.25) is 0 Å². The Hall–Kier alpha value is -1.20. The average Bonchev–Trinajstić information content (AvgIpc) is 2.95. The van der Waals surface area contributed by atoms with Crippen molar-refractivity contribution in [1.82, 2.24) is 14.8 Å². The summed E-state index contributed by atoms with van der Waals surface area (Å²) in [6.45, 7) is 0.637. The smallest absolute Gasteiger partial charge is 0.191 e. The van der Waals surface area contributed by atoms with E-state index in [1.807, 2.05) is 24.3 Å². The Bertz CT molecular complexity index is 623. The van der Waals surface area contributed by atoms with Gasteiger partial charge >= 0.3 is 0 Å². The first-order valence-corrected chi connectivity index (χ1v) is 9.51. The number of ether oxygens (including phenoxy) is 1. The Labute approximate surface area is 146 Å². The van der Waals surface area contributed by atoms with E-state index in [0.717, 1.165) is 27.5 Å². The first-order chi connectivity index (χ1) is 11.2. The van der Waals surface area contributed by atoms with Crippen LogP contribution in [-0.2, 0) is 7.05 Å². The van der Waals surface area contributed by atoms with Crippen LogP contribution in [0.5, 0.6) is 5.75 Å². The van der Waals surface area contributed by atoms with Crippen LogP contribution in [0.1, 0.15) is 43.8 Å². The van der Waals surface area contributed by atoms with Crippen molar-refractivity contribution in [3.63, 3.8) is 0 Å². The molecule has 124 valence electrons. The van der Waals surface area contributed by atoms with E-state index in [2.05, 4.69) is 21.8 Å². The third-order valence-corrected chi connectivity index (χ3v) is 5.47. The van der Waals surface area contributed by atoms with Gasteiger partial charge in [-0.3, -0.25) is 0 Å². The van der Waals surface area contributed by atoms with Crippen LogP contribution in [-0.4, -0.2) is 27.1 Å². The highest BCUT2D eigenvalue weighted by molar-refractivity contribution is 7.99. The minimum absolute atomic E-state index is 0.584. The van der Waals surface area contributed by atoms with E-state index >= 15 is 0 Å². The average molecular weight is 352 g/mol. The Morgan fingerprint density at radius 2 is 1.91 bits per heavy atom. The molecular weight excluding hydrogens is 330 g/mol. The zero-order chi connectivity index (χ0) is 16.1. The van der Waals surface area contributed by atoms with Crippen LogP contribution >= 0.6 is 23.4 Å². The summed E-state index contributed by atoms with van der Waals surface area (Å²) in [4.78, 5) is 0. The summed E-state index contributed by atoms with van der Waals surface area (Å²) in [5, 5.41) is 10.5. The first kappa shape index (κ1) is 16.7. The second-order valence-corrected chi connectivity index (χ2v) is 7.38. The van der Waals surface area contributed by atoms with E-state index in [9.17, 15) is 0 Å². The van der Waals surface area contributed by atoms with E-state index in [-0.39, 0.29) is 0 Å². The van der Waals surface area contributed by atoms with E-state index in [1.54, 1.807) is 11.8 Å². The number of aromatic nitrogens is 3. The molecule has 3 rings (SSSR count). The van der Waals surface area contributed by atoms with Crippen LogP contribution in [0.15, 0.2) is 29.4 Å². The van der Waals surface area contributed by atoms with Gasteiger partial charge in [-0.05, 0) is 37.1 Å². The highest BCUT2D eigenvalue weighted by Gasteiger charge is 2.21. The van der Waals surface area contributed by atoms with Crippen molar-refractivity contribution >= 4 is 23.4 Å². The maximum Gasteiger partial charge on any atom is 0.191 e. The Kier molecular flexibility index (Phi) is 5.84. The van der Waals surface area contributed by atoms with Crippen LogP contribution in [0.25, 0.3) is 0 Å². The molecule has 0 N–H and O–H groups in total. The molecule has 2 aromatic rings. The lowest BCUT2D eigenvalue weighted by Crippen LogP contribution is -2.10. The van der Waals surface area contributed by atoms with E-state index < -0.39 is 0 Å². The number of hydrogen-bond donors (Lipinski definition) is 0. The molecule has 0 radical (unpaired) electrons. The normalized spacial score (nSPS) is 15.7. The summed E-state index contributed by atoms with van der Waals surface area (Å²) in [5.74, 6) is 3.42. The lowest BCUT2D eigenvalue weighted by molar-refractivity contribution is 0.344. The summed E-state index contributed by atoms with van der Waals surface area (Å²) in [6, 6.07) is 7.44. The van der Waals surface area contributed by atoms with Crippen molar-refractivity contribution in [3.05, 3.63) is 35.1 Å². The van der Waals surface area contributed by atoms with Gasteiger partial charge in [0.1, 0.15) is 11.6 Å². The lowest BCUT2D eigenvalue weighted by atomic mass is 9.89. The van der Waals surface area contributed by atoms with Crippen LogP contribution in [0.2, 0.25) is 5.02 Å². The summed E-state index contributed by atoms with van der Waals surface area (Å²) < 4.78 is 7.86. The molecule has 1 aromatic heterocycles. The molecule has 0 amide bonds. The van der Waals surface area contributed by atoms with Gasteiger partial charge in [-0.25, -0.2) is 0 Å². The van der Waals surface area contributed by atoms with E-state index in [0.29, 0.717) is 12.5 Å². The highest BCUT2D eigenvalue weighted by atomic mass is 35.5. The zero-order valence-corrected chi connectivity index (χ0v) is 14.9. The van der Waals surface area contributed by atoms with Crippen LogP contribution in [0, 0.1) is 0 Å². The third-order valence-electron chi connectivity index (χ3n) is 4.24. The molecule has 0 saturated heterocycles. The van der Waals surface area contributed by atoms with Gasteiger partial charge in [-0.2, -0.15) is 0 Å². The molecule has 23 heavy (non-hydrogen) atoms. The fourth-order valence-electron chi connectivity index (χ4n) is 2.99. The summed E-state index contributed by atoms with van der Waals surface area (Å²) in [6.07, 6.45) is 6.48. The Balaban J connectivity index is 1.48. The van der Waals surface area contributed by atoms with Crippen molar-refractivity contribution in [2.45, 2.75) is 43.2 Å². The largest absolute Gasteiger partial charge is 0.493 e. The van der Waals surface area contributed by atoms with Gasteiger partial charge in [-0.15, -0.1) is 10.2 Å². The van der Waals surface area contributed by atoms with Crippen LogP contribution < -0.4 is 4.74 Å². The van der Waals surface area contributed by atoms with Gasteiger partial charge in [0, 0.05) is 23.7 Å². The minimum Gasteiger partial charge on any atom is -0.493 e. The molecule has 0 unspecified atom stereocenters. The molecule has 1 saturated carbocycles. The van der Waals surface area contributed by atoms with Crippen LogP contribution in [0.4, 0.5) is 0 Å².